The molecule has 0 aromatic heterocycles. The first-order valence-electron chi connectivity index (χ1n) is 5.33. The number of hydrogen-bond acceptors (Lipinski definition) is 4. The van der Waals surface area contributed by atoms with Crippen LogP contribution in [0.5, 0.6) is 0 Å². The molecule has 1 aromatic carbocycles. The smallest absolute Gasteiger partial charge is 0.465 e. The monoisotopic (exact) mass is 272 g/mol. The fourth-order valence-corrected chi connectivity index (χ4v) is 1.71. The van der Waals surface area contributed by atoms with Crippen LogP contribution in [0, 0.1) is 0 Å². The third-order valence-electron chi connectivity index (χ3n) is 2.23. The zero-order valence-corrected chi connectivity index (χ0v) is 10.5. The lowest BCUT2D eigenvalue weighted by atomic mass is 10.0. The summed E-state index contributed by atoms with van der Waals surface area (Å²) in [5.41, 5.74) is 0.485. The van der Waals surface area contributed by atoms with E-state index in [1.54, 1.807) is 31.2 Å². The molecule has 98 valence electrons. The van der Waals surface area contributed by atoms with Gasteiger partial charge in [-0.1, -0.05) is 29.8 Å². The maximum absolute atomic E-state index is 11.8. The van der Waals surface area contributed by atoms with E-state index in [1.165, 1.54) is 0 Å². The van der Waals surface area contributed by atoms with Crippen LogP contribution in [-0.4, -0.2) is 30.4 Å². The molecule has 0 saturated heterocycles. The Morgan fingerprint density at radius 2 is 2.00 bits per heavy atom. The minimum atomic E-state index is -1.45. The summed E-state index contributed by atoms with van der Waals surface area (Å²) in [5, 5.41) is 8.85. The summed E-state index contributed by atoms with van der Waals surface area (Å²) in [6, 6.07) is 6.67. The first-order chi connectivity index (χ1) is 8.56. The van der Waals surface area contributed by atoms with Gasteiger partial charge in [-0.25, -0.2) is 4.79 Å². The Bertz CT molecular complexity index is 432. The van der Waals surface area contributed by atoms with Crippen molar-refractivity contribution < 1.29 is 24.2 Å². The Balaban J connectivity index is 2.93. The van der Waals surface area contributed by atoms with Gasteiger partial charge in [-0.3, -0.25) is 4.79 Å². The molecule has 6 heteroatoms. The summed E-state index contributed by atoms with van der Waals surface area (Å²) in [7, 11) is 0. The highest BCUT2D eigenvalue weighted by Crippen LogP contribution is 2.26. The fourth-order valence-electron chi connectivity index (χ4n) is 1.44. The summed E-state index contributed by atoms with van der Waals surface area (Å²) in [6.45, 7) is 1.55. The highest BCUT2D eigenvalue weighted by atomic mass is 35.5. The first-order valence-corrected chi connectivity index (χ1v) is 5.70. The van der Waals surface area contributed by atoms with E-state index in [2.05, 4.69) is 4.74 Å². The molecule has 0 aliphatic rings. The molecule has 0 aliphatic carbocycles. The van der Waals surface area contributed by atoms with Crippen LogP contribution in [0.3, 0.4) is 0 Å². The predicted molar refractivity (Wildman–Crippen MR) is 64.8 cm³/mol. The van der Waals surface area contributed by atoms with Crippen LogP contribution in [0.25, 0.3) is 0 Å². The van der Waals surface area contributed by atoms with Crippen molar-refractivity contribution in [1.82, 2.24) is 0 Å². The number of esters is 1. The Hall–Kier alpha value is -1.75. The number of carboxylic acid groups (broad SMARTS) is 1. The lowest BCUT2D eigenvalue weighted by molar-refractivity contribution is -0.146. The van der Waals surface area contributed by atoms with Gasteiger partial charge in [0.1, 0.15) is 12.5 Å². The molecule has 18 heavy (non-hydrogen) atoms. The van der Waals surface area contributed by atoms with Gasteiger partial charge in [0.25, 0.3) is 0 Å². The van der Waals surface area contributed by atoms with Crippen molar-refractivity contribution in [2.24, 2.45) is 0 Å². The lowest BCUT2D eigenvalue weighted by Gasteiger charge is -2.16. The standard InChI is InChI=1S/C12H13ClO5/c1-2-17-11(14)9(7-18-12(15)16)8-5-3-4-6-10(8)13/h3-6,9H,2,7H2,1H3,(H,15,16). The number of carbonyl (C=O) groups excluding carboxylic acids is 1. The van der Waals surface area contributed by atoms with Crippen LogP contribution in [0.15, 0.2) is 24.3 Å². The van der Waals surface area contributed by atoms with E-state index in [-0.39, 0.29) is 13.2 Å². The highest BCUT2D eigenvalue weighted by molar-refractivity contribution is 6.31. The molecule has 1 unspecified atom stereocenters. The molecule has 1 aromatic rings. The van der Waals surface area contributed by atoms with Gasteiger partial charge in [-0.2, -0.15) is 0 Å². The van der Waals surface area contributed by atoms with Gasteiger partial charge in [0.2, 0.25) is 0 Å². The van der Waals surface area contributed by atoms with Gasteiger partial charge in [-0.05, 0) is 18.6 Å². The molecule has 1 atom stereocenters. The molecule has 0 spiro atoms. The summed E-state index contributed by atoms with van der Waals surface area (Å²) < 4.78 is 9.31. The molecule has 0 saturated carbocycles. The number of halogens is 1. The summed E-state index contributed by atoms with van der Waals surface area (Å²) in [5.74, 6) is -1.42. The van der Waals surface area contributed by atoms with E-state index in [1.807, 2.05) is 0 Å². The van der Waals surface area contributed by atoms with E-state index in [9.17, 15) is 9.59 Å². The average molecular weight is 273 g/mol. The Labute approximate surface area is 109 Å². The van der Waals surface area contributed by atoms with Crippen LogP contribution in [0.4, 0.5) is 4.79 Å². The molecular formula is C12H13ClO5. The van der Waals surface area contributed by atoms with Gasteiger partial charge in [-0.15, -0.1) is 0 Å². The molecule has 5 nitrogen and oxygen atoms in total. The third kappa shape index (κ3) is 3.92. The SMILES string of the molecule is CCOC(=O)C(COC(=O)O)c1ccccc1Cl. The molecule has 0 aliphatic heterocycles. The van der Waals surface area contributed by atoms with Crippen molar-refractivity contribution >= 4 is 23.7 Å². The van der Waals surface area contributed by atoms with Crippen molar-refractivity contribution in [1.29, 1.82) is 0 Å². The number of benzene rings is 1. The van der Waals surface area contributed by atoms with E-state index in [0.29, 0.717) is 10.6 Å². The van der Waals surface area contributed by atoms with Crippen molar-refractivity contribution in [2.75, 3.05) is 13.2 Å². The normalized spacial score (nSPS) is 11.7. The average Bonchev–Trinajstić information content (AvgIpc) is 2.31. The van der Waals surface area contributed by atoms with Crippen LogP contribution < -0.4 is 0 Å². The van der Waals surface area contributed by atoms with Gasteiger partial charge < -0.3 is 14.6 Å². The molecule has 0 heterocycles. The Kier molecular flexibility index (Phi) is 5.45. The number of carbonyl (C=O) groups is 2. The number of ether oxygens (including phenoxy) is 2. The van der Waals surface area contributed by atoms with E-state index in [0.717, 1.165) is 0 Å². The van der Waals surface area contributed by atoms with E-state index >= 15 is 0 Å². The molecule has 1 rings (SSSR count). The second-order valence-corrected chi connectivity index (χ2v) is 3.81. The first kappa shape index (κ1) is 14.3. The second-order valence-electron chi connectivity index (χ2n) is 3.40. The van der Waals surface area contributed by atoms with Gasteiger partial charge >= 0.3 is 12.1 Å². The van der Waals surface area contributed by atoms with Crippen molar-refractivity contribution in [3.63, 3.8) is 0 Å². The molecule has 0 fully saturated rings. The van der Waals surface area contributed by atoms with Crippen LogP contribution in [-0.2, 0) is 14.3 Å². The van der Waals surface area contributed by atoms with Crippen molar-refractivity contribution in [3.05, 3.63) is 34.9 Å². The van der Waals surface area contributed by atoms with Gasteiger partial charge in [0.15, 0.2) is 0 Å². The maximum atomic E-state index is 11.8. The minimum Gasteiger partial charge on any atom is -0.465 e. The van der Waals surface area contributed by atoms with Crippen molar-refractivity contribution in [3.8, 4) is 0 Å². The largest absolute Gasteiger partial charge is 0.505 e. The van der Waals surface area contributed by atoms with Crippen LogP contribution >= 0.6 is 11.6 Å². The Morgan fingerprint density at radius 3 is 2.56 bits per heavy atom. The van der Waals surface area contributed by atoms with E-state index < -0.39 is 18.0 Å². The molecule has 0 bridgehead atoms. The van der Waals surface area contributed by atoms with Crippen LogP contribution in [0.1, 0.15) is 18.4 Å². The third-order valence-corrected chi connectivity index (χ3v) is 2.57. The number of rotatable bonds is 5. The van der Waals surface area contributed by atoms with Crippen molar-refractivity contribution in [2.45, 2.75) is 12.8 Å². The minimum absolute atomic E-state index is 0.201. The number of hydrogen-bond donors (Lipinski definition) is 1. The molecule has 0 radical (unpaired) electrons. The summed E-state index contributed by atoms with van der Waals surface area (Å²) >= 11 is 5.97. The zero-order valence-electron chi connectivity index (χ0n) is 9.76. The maximum Gasteiger partial charge on any atom is 0.505 e. The quantitative estimate of drug-likeness (QED) is 0.834. The molecule has 1 N–H and O–H groups in total. The fraction of sp³-hybridized carbons (Fsp3) is 0.333. The summed E-state index contributed by atoms with van der Waals surface area (Å²) in [4.78, 5) is 22.1. The molecule has 0 amide bonds. The van der Waals surface area contributed by atoms with Crippen LogP contribution in [0.2, 0.25) is 5.02 Å². The van der Waals surface area contributed by atoms with E-state index in [4.69, 9.17) is 21.4 Å². The molecular weight excluding hydrogens is 260 g/mol. The summed E-state index contributed by atoms with van der Waals surface area (Å²) in [6.07, 6.45) is -1.45. The Morgan fingerprint density at radius 1 is 1.33 bits per heavy atom. The topological polar surface area (TPSA) is 72.8 Å². The van der Waals surface area contributed by atoms with Gasteiger partial charge in [0.05, 0.1) is 6.61 Å². The van der Waals surface area contributed by atoms with Gasteiger partial charge in [0, 0.05) is 5.02 Å². The highest BCUT2D eigenvalue weighted by Gasteiger charge is 2.25. The zero-order chi connectivity index (χ0) is 13.5. The second kappa shape index (κ2) is 6.86. The lowest BCUT2D eigenvalue weighted by Crippen LogP contribution is -2.22. The predicted octanol–water partition coefficient (Wildman–Crippen LogP) is 2.68.